The number of benzene rings is 1. The average molecular weight is 491 g/mol. The zero-order valence-corrected chi connectivity index (χ0v) is 19.6. The fourth-order valence-electron chi connectivity index (χ4n) is 3.48. The number of ketones is 1. The molecule has 2 heterocycles. The first-order valence-corrected chi connectivity index (χ1v) is 12.0. The van der Waals surface area contributed by atoms with E-state index in [1.165, 1.54) is 16.9 Å². The number of halogens is 1. The second-order valence-electron chi connectivity index (χ2n) is 7.42. The van der Waals surface area contributed by atoms with Gasteiger partial charge < -0.3 is 9.13 Å². The molecule has 0 fully saturated rings. The third-order valence-corrected chi connectivity index (χ3v) is 6.78. The Morgan fingerprint density at radius 2 is 1.83 bits per heavy atom. The first kappa shape index (κ1) is 22.2. The summed E-state index contributed by atoms with van der Waals surface area (Å²) in [6.07, 6.45) is 2.79. The highest BCUT2D eigenvalue weighted by Gasteiger charge is 2.23. The number of carbonyl (C=O) groups excluding carboxylic acids is 1. The van der Waals surface area contributed by atoms with E-state index in [4.69, 9.17) is 0 Å². The molecule has 0 amide bonds. The summed E-state index contributed by atoms with van der Waals surface area (Å²) in [4.78, 5) is 25.6. The predicted molar refractivity (Wildman–Crippen MR) is 120 cm³/mol. The zero-order valence-electron chi connectivity index (χ0n) is 17.2. The van der Waals surface area contributed by atoms with Gasteiger partial charge in [0.25, 0.3) is 5.56 Å². The van der Waals surface area contributed by atoms with Gasteiger partial charge in [-0.15, -0.1) is 0 Å². The smallest absolute Gasteiger partial charge is 0.251 e. The standard InChI is InChI=1S/C22H23BrN2O4S/c1-14-10-20(22(27)16(3)25-13-18(23)8-9-21(25)26)15(2)24(14)12-17-6-5-7-19(11-17)30(4,28)29/h5-11,13,16H,12H2,1-4H3. The second kappa shape index (κ2) is 8.35. The van der Waals surface area contributed by atoms with Crippen molar-refractivity contribution in [2.75, 3.05) is 6.26 Å². The van der Waals surface area contributed by atoms with Gasteiger partial charge in [0.05, 0.1) is 10.9 Å². The van der Waals surface area contributed by atoms with Gasteiger partial charge in [-0.2, -0.15) is 0 Å². The highest BCUT2D eigenvalue weighted by atomic mass is 79.9. The van der Waals surface area contributed by atoms with Crippen molar-refractivity contribution in [3.63, 3.8) is 0 Å². The van der Waals surface area contributed by atoms with E-state index in [1.54, 1.807) is 37.4 Å². The quantitative estimate of drug-likeness (QED) is 0.490. The van der Waals surface area contributed by atoms with E-state index >= 15 is 0 Å². The number of Topliss-reactive ketones (excluding diaryl/α,β-unsaturated/α-hetero) is 1. The number of carbonyl (C=O) groups is 1. The van der Waals surface area contributed by atoms with Crippen LogP contribution < -0.4 is 5.56 Å². The monoisotopic (exact) mass is 490 g/mol. The van der Waals surface area contributed by atoms with Crippen molar-refractivity contribution >= 4 is 31.6 Å². The number of aryl methyl sites for hydroxylation is 1. The van der Waals surface area contributed by atoms with Crippen LogP contribution in [0.25, 0.3) is 0 Å². The second-order valence-corrected chi connectivity index (χ2v) is 10.4. The molecule has 0 saturated carbocycles. The lowest BCUT2D eigenvalue weighted by Gasteiger charge is -2.15. The molecule has 0 aliphatic carbocycles. The van der Waals surface area contributed by atoms with Crippen molar-refractivity contribution in [3.8, 4) is 0 Å². The molecule has 0 aliphatic rings. The van der Waals surface area contributed by atoms with Crippen LogP contribution in [0, 0.1) is 13.8 Å². The highest BCUT2D eigenvalue weighted by molar-refractivity contribution is 9.10. The largest absolute Gasteiger partial charge is 0.344 e. The van der Waals surface area contributed by atoms with Crippen LogP contribution in [0.5, 0.6) is 0 Å². The number of rotatable bonds is 6. The number of aromatic nitrogens is 2. The molecule has 0 bridgehead atoms. The van der Waals surface area contributed by atoms with Crippen LogP contribution in [0.4, 0.5) is 0 Å². The molecule has 1 unspecified atom stereocenters. The van der Waals surface area contributed by atoms with E-state index in [9.17, 15) is 18.0 Å². The molecule has 1 aromatic carbocycles. The zero-order chi connectivity index (χ0) is 22.2. The van der Waals surface area contributed by atoms with Gasteiger partial charge in [0, 0.05) is 46.5 Å². The van der Waals surface area contributed by atoms with E-state index in [-0.39, 0.29) is 16.2 Å². The van der Waals surface area contributed by atoms with E-state index in [1.807, 2.05) is 30.5 Å². The molecule has 8 heteroatoms. The maximum Gasteiger partial charge on any atom is 0.251 e. The Labute approximate surface area is 184 Å². The van der Waals surface area contributed by atoms with E-state index in [0.717, 1.165) is 21.4 Å². The lowest BCUT2D eigenvalue weighted by Crippen LogP contribution is -2.27. The molecule has 30 heavy (non-hydrogen) atoms. The fraction of sp³-hybridized carbons (Fsp3) is 0.273. The van der Waals surface area contributed by atoms with E-state index in [0.29, 0.717) is 12.1 Å². The summed E-state index contributed by atoms with van der Waals surface area (Å²) in [5.74, 6) is -0.153. The number of sulfone groups is 1. The third kappa shape index (κ3) is 4.49. The minimum Gasteiger partial charge on any atom is -0.344 e. The topological polar surface area (TPSA) is 78.1 Å². The van der Waals surface area contributed by atoms with Crippen LogP contribution in [0.15, 0.2) is 62.8 Å². The summed E-state index contributed by atoms with van der Waals surface area (Å²) in [5, 5.41) is 0. The number of hydrogen-bond acceptors (Lipinski definition) is 4. The molecular formula is C22H23BrN2O4S. The SMILES string of the molecule is Cc1cc(C(=O)C(C)n2cc(Br)ccc2=O)c(C)n1Cc1cccc(S(C)(=O)=O)c1. The number of nitrogens with zero attached hydrogens (tertiary/aromatic N) is 2. The molecule has 0 spiro atoms. The summed E-state index contributed by atoms with van der Waals surface area (Å²) < 4.78 is 27.8. The van der Waals surface area contributed by atoms with E-state index in [2.05, 4.69) is 15.9 Å². The van der Waals surface area contributed by atoms with Crippen LogP contribution in [-0.2, 0) is 16.4 Å². The Balaban J connectivity index is 1.95. The molecule has 0 aliphatic heterocycles. The Morgan fingerprint density at radius 3 is 2.50 bits per heavy atom. The number of hydrogen-bond donors (Lipinski definition) is 0. The Hall–Kier alpha value is -2.45. The van der Waals surface area contributed by atoms with Gasteiger partial charge in [0.15, 0.2) is 15.6 Å². The molecule has 2 aromatic heterocycles. The van der Waals surface area contributed by atoms with Gasteiger partial charge in [-0.3, -0.25) is 9.59 Å². The Kier molecular flexibility index (Phi) is 6.19. The van der Waals surface area contributed by atoms with Crippen molar-refractivity contribution in [2.24, 2.45) is 0 Å². The Bertz CT molecular complexity index is 1290. The van der Waals surface area contributed by atoms with Crippen LogP contribution in [0.2, 0.25) is 0 Å². The van der Waals surface area contributed by atoms with Gasteiger partial charge in [-0.1, -0.05) is 12.1 Å². The minimum atomic E-state index is -3.30. The fourth-order valence-corrected chi connectivity index (χ4v) is 4.53. The Morgan fingerprint density at radius 1 is 1.13 bits per heavy atom. The molecular weight excluding hydrogens is 468 g/mol. The lowest BCUT2D eigenvalue weighted by molar-refractivity contribution is 0.0932. The molecule has 6 nitrogen and oxygen atoms in total. The predicted octanol–water partition coefficient (Wildman–Crippen LogP) is 3.92. The van der Waals surface area contributed by atoms with Crippen LogP contribution in [-0.4, -0.2) is 29.6 Å². The van der Waals surface area contributed by atoms with Crippen molar-refractivity contribution in [1.82, 2.24) is 9.13 Å². The van der Waals surface area contributed by atoms with Crippen molar-refractivity contribution in [1.29, 1.82) is 0 Å². The molecule has 0 saturated heterocycles. The maximum absolute atomic E-state index is 13.2. The summed E-state index contributed by atoms with van der Waals surface area (Å²) >= 11 is 3.34. The molecule has 0 N–H and O–H groups in total. The molecule has 3 aromatic rings. The maximum atomic E-state index is 13.2. The van der Waals surface area contributed by atoms with Gasteiger partial charge in [0.1, 0.15) is 0 Å². The molecule has 0 radical (unpaired) electrons. The van der Waals surface area contributed by atoms with Gasteiger partial charge in [-0.05, 0) is 66.5 Å². The average Bonchev–Trinajstić information content (AvgIpc) is 2.96. The van der Waals surface area contributed by atoms with Crippen molar-refractivity contribution in [2.45, 2.75) is 38.3 Å². The third-order valence-electron chi connectivity index (χ3n) is 5.21. The first-order valence-electron chi connectivity index (χ1n) is 9.36. The molecule has 158 valence electrons. The van der Waals surface area contributed by atoms with Crippen molar-refractivity contribution in [3.05, 3.63) is 86.0 Å². The van der Waals surface area contributed by atoms with E-state index < -0.39 is 15.9 Å². The molecule has 1 atom stereocenters. The van der Waals surface area contributed by atoms with Crippen molar-refractivity contribution < 1.29 is 13.2 Å². The van der Waals surface area contributed by atoms with Crippen LogP contribution in [0.1, 0.15) is 40.3 Å². The summed E-state index contributed by atoms with van der Waals surface area (Å²) in [5.41, 5.74) is 2.79. The summed E-state index contributed by atoms with van der Waals surface area (Å²) in [6.45, 7) is 5.91. The van der Waals surface area contributed by atoms with Gasteiger partial charge >= 0.3 is 0 Å². The van der Waals surface area contributed by atoms with Gasteiger partial charge in [-0.25, -0.2) is 8.42 Å². The van der Waals surface area contributed by atoms with Crippen LogP contribution in [0.3, 0.4) is 0 Å². The lowest BCUT2D eigenvalue weighted by atomic mass is 10.1. The molecule has 3 rings (SSSR count). The highest BCUT2D eigenvalue weighted by Crippen LogP contribution is 2.23. The van der Waals surface area contributed by atoms with Crippen LogP contribution >= 0.6 is 15.9 Å². The normalized spacial score (nSPS) is 12.7. The number of pyridine rings is 1. The summed E-state index contributed by atoms with van der Waals surface area (Å²) in [7, 11) is -3.30. The minimum absolute atomic E-state index is 0.153. The first-order chi connectivity index (χ1) is 14.0. The van der Waals surface area contributed by atoms with Gasteiger partial charge in [0.2, 0.25) is 0 Å². The summed E-state index contributed by atoms with van der Waals surface area (Å²) in [6, 6.07) is 11.0.